The van der Waals surface area contributed by atoms with Gasteiger partial charge in [-0.05, 0) is 42.5 Å². The fourth-order valence-corrected chi connectivity index (χ4v) is 1.81. The number of aromatic nitrogens is 2. The van der Waals surface area contributed by atoms with Crippen LogP contribution in [0.25, 0.3) is 17.0 Å². The van der Waals surface area contributed by atoms with Crippen molar-refractivity contribution in [1.29, 1.82) is 0 Å². The molecule has 0 unspecified atom stereocenters. The topological polar surface area (TPSA) is 68.3 Å². The average molecular weight is 254 g/mol. The fourth-order valence-electron chi connectivity index (χ4n) is 1.81. The van der Waals surface area contributed by atoms with Gasteiger partial charge in [-0.2, -0.15) is 5.10 Å². The van der Waals surface area contributed by atoms with Crippen molar-refractivity contribution in [1.82, 2.24) is 9.78 Å². The van der Waals surface area contributed by atoms with E-state index in [1.807, 2.05) is 36.5 Å². The summed E-state index contributed by atoms with van der Waals surface area (Å²) in [5.74, 6) is -0.602. The van der Waals surface area contributed by atoms with Crippen molar-refractivity contribution in [2.45, 2.75) is 0 Å². The lowest BCUT2D eigenvalue weighted by molar-refractivity contribution is 0.0663. The summed E-state index contributed by atoms with van der Waals surface area (Å²) in [4.78, 5) is 10.7. The van der Waals surface area contributed by atoms with E-state index in [1.165, 1.54) is 6.07 Å². The molecule has 0 aliphatic rings. The van der Waals surface area contributed by atoms with Crippen LogP contribution in [-0.4, -0.2) is 20.9 Å². The summed E-state index contributed by atoms with van der Waals surface area (Å²) >= 11 is 0. The Morgan fingerprint density at radius 1 is 1.16 bits per heavy atom. The molecule has 0 aliphatic heterocycles. The number of rotatable bonds is 3. The Morgan fingerprint density at radius 2 is 1.95 bits per heavy atom. The summed E-state index contributed by atoms with van der Waals surface area (Å²) < 4.78 is 6.98. The molecule has 1 N–H and O–H groups in total. The van der Waals surface area contributed by atoms with Crippen molar-refractivity contribution in [3.63, 3.8) is 0 Å². The van der Waals surface area contributed by atoms with Crippen LogP contribution in [0.15, 0.2) is 59.3 Å². The van der Waals surface area contributed by atoms with Crippen molar-refractivity contribution in [2.75, 3.05) is 0 Å². The molecule has 0 fully saturated rings. The predicted octanol–water partition coefficient (Wildman–Crippen LogP) is 2.83. The van der Waals surface area contributed by atoms with E-state index < -0.39 is 5.97 Å². The van der Waals surface area contributed by atoms with Crippen molar-refractivity contribution < 1.29 is 14.3 Å². The highest BCUT2D eigenvalue weighted by atomic mass is 16.4. The Kier molecular flexibility index (Phi) is 2.64. The molecule has 1 aromatic carbocycles. The highest BCUT2D eigenvalue weighted by Crippen LogP contribution is 2.23. The van der Waals surface area contributed by atoms with Gasteiger partial charge in [0.1, 0.15) is 5.76 Å². The summed E-state index contributed by atoms with van der Waals surface area (Å²) in [6, 6.07) is 12.4. The molecule has 0 amide bonds. The highest BCUT2D eigenvalue weighted by molar-refractivity contribution is 5.85. The van der Waals surface area contributed by atoms with Gasteiger partial charge in [-0.15, -0.1) is 0 Å². The molecule has 3 aromatic rings. The van der Waals surface area contributed by atoms with E-state index in [4.69, 9.17) is 9.52 Å². The van der Waals surface area contributed by atoms with Gasteiger partial charge in [0, 0.05) is 18.0 Å². The van der Waals surface area contributed by atoms with E-state index in [-0.39, 0.29) is 5.76 Å². The normalized spacial score (nSPS) is 10.5. The zero-order chi connectivity index (χ0) is 13.2. The van der Waals surface area contributed by atoms with E-state index in [2.05, 4.69) is 5.10 Å². The standard InChI is InChI=1S/C14H10N2O3/c17-14(18)13-7-6-12(19-13)10-2-4-11(5-3-10)16-9-1-8-15-16/h1-9H,(H,17,18). The third-order valence-electron chi connectivity index (χ3n) is 2.74. The van der Waals surface area contributed by atoms with Gasteiger partial charge in [-0.1, -0.05) is 0 Å². The van der Waals surface area contributed by atoms with Crippen LogP contribution in [0.3, 0.4) is 0 Å². The van der Waals surface area contributed by atoms with Gasteiger partial charge in [-0.25, -0.2) is 9.48 Å². The average Bonchev–Trinajstić information content (AvgIpc) is 3.11. The Morgan fingerprint density at radius 3 is 2.53 bits per heavy atom. The smallest absolute Gasteiger partial charge is 0.371 e. The number of carbonyl (C=O) groups is 1. The summed E-state index contributed by atoms with van der Waals surface area (Å²) in [5, 5.41) is 12.9. The molecule has 2 aromatic heterocycles. The van der Waals surface area contributed by atoms with Gasteiger partial charge >= 0.3 is 5.97 Å². The number of nitrogens with zero attached hydrogens (tertiary/aromatic N) is 2. The van der Waals surface area contributed by atoms with Crippen LogP contribution < -0.4 is 0 Å². The maximum Gasteiger partial charge on any atom is 0.371 e. The minimum Gasteiger partial charge on any atom is -0.475 e. The lowest BCUT2D eigenvalue weighted by Crippen LogP contribution is -1.93. The van der Waals surface area contributed by atoms with Gasteiger partial charge in [-0.3, -0.25) is 0 Å². The van der Waals surface area contributed by atoms with Crippen LogP contribution in [0.5, 0.6) is 0 Å². The van der Waals surface area contributed by atoms with Crippen LogP contribution in [0, 0.1) is 0 Å². The number of furan rings is 1. The Bertz CT molecular complexity index is 697. The third-order valence-corrected chi connectivity index (χ3v) is 2.74. The molecule has 0 atom stereocenters. The summed E-state index contributed by atoms with van der Waals surface area (Å²) in [5.41, 5.74) is 1.75. The Balaban J connectivity index is 1.91. The number of carboxylic acids is 1. The zero-order valence-electron chi connectivity index (χ0n) is 9.85. The summed E-state index contributed by atoms with van der Waals surface area (Å²) in [6.45, 7) is 0. The van der Waals surface area contributed by atoms with Gasteiger partial charge < -0.3 is 9.52 Å². The van der Waals surface area contributed by atoms with Crippen LogP contribution in [0.2, 0.25) is 0 Å². The summed E-state index contributed by atoms with van der Waals surface area (Å²) in [7, 11) is 0. The molecule has 0 bridgehead atoms. The molecule has 0 radical (unpaired) electrons. The Labute approximate surface area is 108 Å². The fraction of sp³-hybridized carbons (Fsp3) is 0. The lowest BCUT2D eigenvalue weighted by atomic mass is 10.1. The van der Waals surface area contributed by atoms with Crippen molar-refractivity contribution in [3.8, 4) is 17.0 Å². The van der Waals surface area contributed by atoms with Crippen LogP contribution in [0.4, 0.5) is 0 Å². The van der Waals surface area contributed by atoms with Crippen LogP contribution >= 0.6 is 0 Å². The van der Waals surface area contributed by atoms with E-state index in [1.54, 1.807) is 16.9 Å². The Hall–Kier alpha value is -2.82. The third kappa shape index (κ3) is 2.13. The number of aromatic carboxylic acids is 1. The minimum atomic E-state index is -1.07. The summed E-state index contributed by atoms with van der Waals surface area (Å²) in [6.07, 6.45) is 3.56. The molecular weight excluding hydrogens is 244 g/mol. The van der Waals surface area contributed by atoms with E-state index in [0.717, 1.165) is 11.3 Å². The molecule has 5 nitrogen and oxygen atoms in total. The van der Waals surface area contributed by atoms with Crippen LogP contribution in [0.1, 0.15) is 10.6 Å². The molecule has 94 valence electrons. The molecule has 5 heteroatoms. The number of benzene rings is 1. The van der Waals surface area contributed by atoms with E-state index in [0.29, 0.717) is 5.76 Å². The largest absolute Gasteiger partial charge is 0.475 e. The second kappa shape index (κ2) is 4.45. The van der Waals surface area contributed by atoms with Gasteiger partial charge in [0.25, 0.3) is 0 Å². The predicted molar refractivity (Wildman–Crippen MR) is 68.2 cm³/mol. The quantitative estimate of drug-likeness (QED) is 0.780. The zero-order valence-corrected chi connectivity index (χ0v) is 9.85. The first-order chi connectivity index (χ1) is 9.24. The number of carboxylic acid groups (broad SMARTS) is 1. The van der Waals surface area contributed by atoms with Gasteiger partial charge in [0.05, 0.1) is 5.69 Å². The van der Waals surface area contributed by atoms with Gasteiger partial charge in [0.15, 0.2) is 0 Å². The molecule has 0 aliphatic carbocycles. The molecule has 0 saturated carbocycles. The minimum absolute atomic E-state index is 0.0637. The first-order valence-electron chi connectivity index (χ1n) is 5.67. The van der Waals surface area contributed by atoms with E-state index >= 15 is 0 Å². The maximum absolute atomic E-state index is 10.7. The molecule has 2 heterocycles. The molecular formula is C14H10N2O3. The van der Waals surface area contributed by atoms with E-state index in [9.17, 15) is 4.79 Å². The maximum atomic E-state index is 10.7. The van der Waals surface area contributed by atoms with Gasteiger partial charge in [0.2, 0.25) is 5.76 Å². The second-order valence-corrected chi connectivity index (χ2v) is 3.97. The monoisotopic (exact) mass is 254 g/mol. The van der Waals surface area contributed by atoms with Crippen molar-refractivity contribution in [2.24, 2.45) is 0 Å². The SMILES string of the molecule is O=C(O)c1ccc(-c2ccc(-n3cccn3)cc2)o1. The van der Waals surface area contributed by atoms with Crippen LogP contribution in [-0.2, 0) is 0 Å². The molecule has 3 rings (SSSR count). The lowest BCUT2D eigenvalue weighted by Gasteiger charge is -2.02. The molecule has 19 heavy (non-hydrogen) atoms. The molecule has 0 saturated heterocycles. The highest BCUT2D eigenvalue weighted by Gasteiger charge is 2.10. The van der Waals surface area contributed by atoms with Crippen molar-refractivity contribution in [3.05, 3.63) is 60.6 Å². The first-order valence-corrected chi connectivity index (χ1v) is 5.67. The molecule has 0 spiro atoms. The number of hydrogen-bond donors (Lipinski definition) is 1. The number of hydrogen-bond acceptors (Lipinski definition) is 3. The first kappa shape index (κ1) is 11.3. The van der Waals surface area contributed by atoms with Crippen molar-refractivity contribution >= 4 is 5.97 Å². The second-order valence-electron chi connectivity index (χ2n) is 3.97.